The Kier molecular flexibility index (Phi) is 2.62. The van der Waals surface area contributed by atoms with E-state index in [1.807, 2.05) is 38.9 Å². The summed E-state index contributed by atoms with van der Waals surface area (Å²) in [4.78, 5) is 10.1. The molecule has 0 saturated heterocycles. The van der Waals surface area contributed by atoms with Crippen LogP contribution in [0, 0.1) is 0 Å². The first-order valence-electron chi connectivity index (χ1n) is 4.42. The maximum Gasteiger partial charge on any atom is 0.222 e. The first-order valence-corrected chi connectivity index (χ1v) is 4.42. The zero-order chi connectivity index (χ0) is 10.9. The summed E-state index contributed by atoms with van der Waals surface area (Å²) in [6.45, 7) is 3.77. The Labute approximate surface area is 84.1 Å². The van der Waals surface area contributed by atoms with E-state index in [0.29, 0.717) is 0 Å². The Morgan fingerprint density at radius 1 is 1.29 bits per heavy atom. The van der Waals surface area contributed by atoms with Gasteiger partial charge in [0.15, 0.2) is 0 Å². The molecule has 0 saturated carbocycles. The van der Waals surface area contributed by atoms with Gasteiger partial charge in [-0.3, -0.25) is 0 Å². The fourth-order valence-corrected chi connectivity index (χ4v) is 1.01. The van der Waals surface area contributed by atoms with Crippen LogP contribution in [-0.4, -0.2) is 24.1 Å². The van der Waals surface area contributed by atoms with Gasteiger partial charge in [0.05, 0.1) is 11.2 Å². The van der Waals surface area contributed by atoms with Crippen LogP contribution >= 0.6 is 0 Å². The number of hydrogen-bond acceptors (Lipinski definition) is 5. The molecule has 0 spiro atoms. The van der Waals surface area contributed by atoms with Crippen molar-refractivity contribution in [3.63, 3.8) is 0 Å². The van der Waals surface area contributed by atoms with Gasteiger partial charge in [-0.1, -0.05) is 0 Å². The predicted molar refractivity (Wildman–Crippen MR) is 58.0 cm³/mol. The third-order valence-corrected chi connectivity index (χ3v) is 1.85. The van der Waals surface area contributed by atoms with Gasteiger partial charge >= 0.3 is 0 Å². The maximum absolute atomic E-state index is 5.93. The number of anilines is 2. The van der Waals surface area contributed by atoms with Gasteiger partial charge in [-0.2, -0.15) is 4.98 Å². The SMILES string of the molecule is CN(C)c1cc(C(C)(C)N)nc(N)n1. The molecular weight excluding hydrogens is 178 g/mol. The maximum atomic E-state index is 5.93. The van der Waals surface area contributed by atoms with E-state index in [4.69, 9.17) is 11.5 Å². The average molecular weight is 195 g/mol. The zero-order valence-corrected chi connectivity index (χ0v) is 9.07. The number of aromatic nitrogens is 2. The van der Waals surface area contributed by atoms with E-state index >= 15 is 0 Å². The first kappa shape index (κ1) is 10.7. The lowest BCUT2D eigenvalue weighted by molar-refractivity contribution is 0.534. The fraction of sp³-hybridized carbons (Fsp3) is 0.556. The fourth-order valence-electron chi connectivity index (χ4n) is 1.01. The first-order chi connectivity index (χ1) is 6.30. The van der Waals surface area contributed by atoms with E-state index in [1.54, 1.807) is 0 Å². The van der Waals surface area contributed by atoms with Crippen LogP contribution in [-0.2, 0) is 5.54 Å². The van der Waals surface area contributed by atoms with Gasteiger partial charge in [0.25, 0.3) is 0 Å². The molecule has 0 atom stereocenters. The van der Waals surface area contributed by atoms with Crippen LogP contribution in [0.1, 0.15) is 19.5 Å². The summed E-state index contributed by atoms with van der Waals surface area (Å²) in [6.07, 6.45) is 0. The molecule has 0 aliphatic rings. The third-order valence-electron chi connectivity index (χ3n) is 1.85. The van der Waals surface area contributed by atoms with Crippen LogP contribution in [0.3, 0.4) is 0 Å². The Hall–Kier alpha value is -1.36. The molecule has 0 radical (unpaired) electrons. The largest absolute Gasteiger partial charge is 0.368 e. The predicted octanol–water partition coefficient (Wildman–Crippen LogP) is 0.319. The lowest BCUT2D eigenvalue weighted by Crippen LogP contribution is -2.31. The summed E-state index contributed by atoms with van der Waals surface area (Å²) < 4.78 is 0. The summed E-state index contributed by atoms with van der Waals surface area (Å²) in [5, 5.41) is 0. The summed E-state index contributed by atoms with van der Waals surface area (Å²) in [5.74, 6) is 1.02. The minimum absolute atomic E-state index is 0.254. The molecule has 78 valence electrons. The highest BCUT2D eigenvalue weighted by molar-refractivity contribution is 5.43. The van der Waals surface area contributed by atoms with Crippen molar-refractivity contribution in [2.75, 3.05) is 24.7 Å². The Balaban J connectivity index is 3.21. The minimum atomic E-state index is -0.498. The summed E-state index contributed by atoms with van der Waals surface area (Å²) in [7, 11) is 3.80. The lowest BCUT2D eigenvalue weighted by atomic mass is 10.0. The van der Waals surface area contributed by atoms with E-state index in [1.165, 1.54) is 0 Å². The quantitative estimate of drug-likeness (QED) is 0.710. The highest BCUT2D eigenvalue weighted by atomic mass is 15.2. The molecule has 0 aliphatic heterocycles. The van der Waals surface area contributed by atoms with Crippen molar-refractivity contribution in [2.45, 2.75) is 19.4 Å². The molecule has 0 unspecified atom stereocenters. The molecule has 0 bridgehead atoms. The molecule has 1 rings (SSSR count). The molecule has 5 nitrogen and oxygen atoms in total. The number of nitrogen functional groups attached to an aromatic ring is 1. The van der Waals surface area contributed by atoms with Gasteiger partial charge in [-0.05, 0) is 13.8 Å². The highest BCUT2D eigenvalue weighted by Gasteiger charge is 2.18. The van der Waals surface area contributed by atoms with Crippen LogP contribution in [0.25, 0.3) is 0 Å². The second-order valence-electron chi connectivity index (χ2n) is 4.09. The van der Waals surface area contributed by atoms with E-state index < -0.39 is 5.54 Å². The monoisotopic (exact) mass is 195 g/mol. The van der Waals surface area contributed by atoms with E-state index in [9.17, 15) is 0 Å². The van der Waals surface area contributed by atoms with Gasteiger partial charge in [0.1, 0.15) is 5.82 Å². The molecule has 5 heteroatoms. The minimum Gasteiger partial charge on any atom is -0.368 e. The molecule has 0 aromatic carbocycles. The Bertz CT molecular complexity index is 326. The molecule has 4 N–H and O–H groups in total. The van der Waals surface area contributed by atoms with Crippen LogP contribution in [0.2, 0.25) is 0 Å². The Morgan fingerprint density at radius 3 is 2.29 bits per heavy atom. The van der Waals surface area contributed by atoms with Crippen molar-refractivity contribution in [1.29, 1.82) is 0 Å². The highest BCUT2D eigenvalue weighted by Crippen LogP contribution is 2.19. The number of nitrogens with zero attached hydrogens (tertiary/aromatic N) is 3. The molecule has 0 amide bonds. The number of nitrogens with two attached hydrogens (primary N) is 2. The molecular formula is C9H17N5. The normalized spacial score (nSPS) is 11.5. The van der Waals surface area contributed by atoms with Crippen molar-refractivity contribution < 1.29 is 0 Å². The van der Waals surface area contributed by atoms with E-state index in [-0.39, 0.29) is 5.95 Å². The van der Waals surface area contributed by atoms with Crippen LogP contribution in [0.5, 0.6) is 0 Å². The second-order valence-corrected chi connectivity index (χ2v) is 4.09. The third kappa shape index (κ3) is 2.32. The molecule has 1 heterocycles. The lowest BCUT2D eigenvalue weighted by Gasteiger charge is -2.20. The van der Waals surface area contributed by atoms with Crippen LogP contribution < -0.4 is 16.4 Å². The van der Waals surface area contributed by atoms with Crippen molar-refractivity contribution in [2.24, 2.45) is 5.73 Å². The van der Waals surface area contributed by atoms with E-state index in [2.05, 4.69) is 9.97 Å². The van der Waals surface area contributed by atoms with Gasteiger partial charge in [-0.15, -0.1) is 0 Å². The summed E-state index contributed by atoms with van der Waals surface area (Å²) in [6, 6.07) is 1.84. The topological polar surface area (TPSA) is 81.1 Å². The average Bonchev–Trinajstić information content (AvgIpc) is 2.01. The van der Waals surface area contributed by atoms with Crippen molar-refractivity contribution in [3.05, 3.63) is 11.8 Å². The number of hydrogen-bond donors (Lipinski definition) is 2. The second kappa shape index (κ2) is 3.42. The van der Waals surface area contributed by atoms with Gasteiger partial charge < -0.3 is 16.4 Å². The van der Waals surface area contributed by atoms with Crippen LogP contribution in [0.4, 0.5) is 11.8 Å². The molecule has 1 aromatic rings. The molecule has 14 heavy (non-hydrogen) atoms. The standard InChI is InChI=1S/C9H17N5/c1-9(2,11)6-5-7(14(3)4)13-8(10)12-6/h5H,11H2,1-4H3,(H2,10,12,13). The van der Waals surface area contributed by atoms with Crippen molar-refractivity contribution >= 4 is 11.8 Å². The van der Waals surface area contributed by atoms with Gasteiger partial charge in [-0.25, -0.2) is 4.98 Å². The Morgan fingerprint density at radius 2 is 1.86 bits per heavy atom. The molecule has 0 fully saturated rings. The van der Waals surface area contributed by atoms with Gasteiger partial charge in [0, 0.05) is 20.2 Å². The molecule has 1 aromatic heterocycles. The zero-order valence-electron chi connectivity index (χ0n) is 9.07. The van der Waals surface area contributed by atoms with E-state index in [0.717, 1.165) is 11.5 Å². The number of rotatable bonds is 2. The summed E-state index contributed by atoms with van der Waals surface area (Å²) in [5.41, 5.74) is 11.8. The van der Waals surface area contributed by atoms with Crippen molar-refractivity contribution in [1.82, 2.24) is 9.97 Å². The smallest absolute Gasteiger partial charge is 0.222 e. The molecule has 0 aliphatic carbocycles. The van der Waals surface area contributed by atoms with Crippen molar-refractivity contribution in [3.8, 4) is 0 Å². The summed E-state index contributed by atoms with van der Waals surface area (Å²) >= 11 is 0. The van der Waals surface area contributed by atoms with Crippen LogP contribution in [0.15, 0.2) is 6.07 Å². The van der Waals surface area contributed by atoms with Gasteiger partial charge in [0.2, 0.25) is 5.95 Å².